The van der Waals surface area contributed by atoms with Gasteiger partial charge in [0.1, 0.15) is 11.5 Å². The molecule has 4 rings (SSSR count). The quantitative estimate of drug-likeness (QED) is 0.667. The lowest BCUT2D eigenvalue weighted by Crippen LogP contribution is -2.33. The second kappa shape index (κ2) is 8.53. The molecular weight excluding hydrogens is 364 g/mol. The van der Waals surface area contributed by atoms with Crippen LogP contribution in [0.1, 0.15) is 24.4 Å². The Bertz CT molecular complexity index is 1020. The summed E-state index contributed by atoms with van der Waals surface area (Å²) in [6, 6.07) is 20.1. The molecule has 0 unspecified atom stereocenters. The van der Waals surface area contributed by atoms with E-state index in [1.54, 1.807) is 14.2 Å². The smallest absolute Gasteiger partial charge is 0.238 e. The van der Waals surface area contributed by atoms with E-state index in [0.717, 1.165) is 52.9 Å². The number of rotatable bonds is 6. The van der Waals surface area contributed by atoms with E-state index in [0.29, 0.717) is 6.54 Å². The van der Waals surface area contributed by atoms with E-state index < -0.39 is 0 Å². The molecule has 5 nitrogen and oxygen atoms in total. The lowest BCUT2D eigenvalue weighted by atomic mass is 10.0. The molecule has 29 heavy (non-hydrogen) atoms. The molecule has 0 saturated carbocycles. The Balaban J connectivity index is 1.48. The maximum absolute atomic E-state index is 12.8. The first-order chi connectivity index (χ1) is 14.2. The number of carbonyl (C=O) groups is 1. The highest BCUT2D eigenvalue weighted by Crippen LogP contribution is 2.38. The number of fused-ring (bicyclic) bond motifs is 1. The molecule has 1 atom stereocenters. The number of anilines is 1. The largest absolute Gasteiger partial charge is 0.497 e. The van der Waals surface area contributed by atoms with Gasteiger partial charge in [0.2, 0.25) is 5.91 Å². The molecule has 0 radical (unpaired) electrons. The van der Waals surface area contributed by atoms with Crippen molar-refractivity contribution in [3.8, 4) is 11.5 Å². The van der Waals surface area contributed by atoms with Crippen molar-refractivity contribution < 1.29 is 14.3 Å². The van der Waals surface area contributed by atoms with Crippen LogP contribution in [0, 0.1) is 0 Å². The van der Waals surface area contributed by atoms with Crippen molar-refractivity contribution in [2.45, 2.75) is 18.9 Å². The number of amides is 1. The molecule has 1 aliphatic rings. The molecule has 0 spiro atoms. The number of nitrogens with one attached hydrogen (secondary N) is 1. The molecule has 3 aromatic carbocycles. The molecule has 0 aliphatic carbocycles. The fourth-order valence-electron chi connectivity index (χ4n) is 4.12. The van der Waals surface area contributed by atoms with Crippen LogP contribution in [0.25, 0.3) is 10.8 Å². The summed E-state index contributed by atoms with van der Waals surface area (Å²) in [7, 11) is 3.34. The molecule has 3 aromatic rings. The van der Waals surface area contributed by atoms with Gasteiger partial charge in [-0.15, -0.1) is 0 Å². The lowest BCUT2D eigenvalue weighted by molar-refractivity contribution is -0.117. The van der Waals surface area contributed by atoms with E-state index in [9.17, 15) is 4.79 Å². The average molecular weight is 390 g/mol. The third-order valence-electron chi connectivity index (χ3n) is 5.54. The van der Waals surface area contributed by atoms with E-state index in [-0.39, 0.29) is 11.9 Å². The van der Waals surface area contributed by atoms with Crippen LogP contribution in [0.15, 0.2) is 60.7 Å². The van der Waals surface area contributed by atoms with Crippen LogP contribution in [0.3, 0.4) is 0 Å². The topological polar surface area (TPSA) is 50.8 Å². The second-order valence-corrected chi connectivity index (χ2v) is 7.35. The van der Waals surface area contributed by atoms with Gasteiger partial charge in [-0.1, -0.05) is 30.3 Å². The molecule has 1 aliphatic heterocycles. The monoisotopic (exact) mass is 390 g/mol. The number of carbonyl (C=O) groups excluding carboxylic acids is 1. The Hall–Kier alpha value is -3.05. The van der Waals surface area contributed by atoms with Gasteiger partial charge in [0.05, 0.1) is 20.8 Å². The van der Waals surface area contributed by atoms with E-state index in [4.69, 9.17) is 9.47 Å². The van der Waals surface area contributed by atoms with E-state index in [1.807, 2.05) is 48.5 Å². The molecule has 1 fully saturated rings. The van der Waals surface area contributed by atoms with Gasteiger partial charge in [-0.3, -0.25) is 9.69 Å². The van der Waals surface area contributed by atoms with Crippen LogP contribution in [0.5, 0.6) is 11.5 Å². The van der Waals surface area contributed by atoms with E-state index in [2.05, 4.69) is 22.3 Å². The Kier molecular flexibility index (Phi) is 5.67. The third-order valence-corrected chi connectivity index (χ3v) is 5.54. The summed E-state index contributed by atoms with van der Waals surface area (Å²) in [4.78, 5) is 15.0. The van der Waals surface area contributed by atoms with Crippen molar-refractivity contribution in [3.05, 3.63) is 66.2 Å². The summed E-state index contributed by atoms with van der Waals surface area (Å²) < 4.78 is 11.0. The van der Waals surface area contributed by atoms with Crippen LogP contribution in [0.2, 0.25) is 0 Å². The minimum Gasteiger partial charge on any atom is -0.497 e. The van der Waals surface area contributed by atoms with Crippen molar-refractivity contribution in [2.75, 3.05) is 32.6 Å². The standard InChI is InChI=1S/C24H26N2O3/c1-28-20-11-12-23(29-2)21(15-20)22-8-5-13-26(22)16-24(27)25-19-10-9-17-6-3-4-7-18(17)14-19/h3-4,6-7,9-12,14-15,22H,5,8,13,16H2,1-2H3,(H,25,27)/t22-/m0/s1. The van der Waals surface area contributed by atoms with Gasteiger partial charge in [0.25, 0.3) is 0 Å². The summed E-state index contributed by atoms with van der Waals surface area (Å²) in [6.07, 6.45) is 2.04. The number of benzene rings is 3. The Labute approximate surface area is 171 Å². The van der Waals surface area contributed by atoms with Crippen LogP contribution in [-0.4, -0.2) is 38.1 Å². The van der Waals surface area contributed by atoms with Gasteiger partial charge in [-0.2, -0.15) is 0 Å². The number of hydrogen-bond donors (Lipinski definition) is 1. The van der Waals surface area contributed by atoms with Crippen molar-refractivity contribution in [1.29, 1.82) is 0 Å². The highest BCUT2D eigenvalue weighted by molar-refractivity contribution is 5.95. The summed E-state index contributed by atoms with van der Waals surface area (Å²) in [6.45, 7) is 1.23. The molecular formula is C24H26N2O3. The molecule has 5 heteroatoms. The molecule has 150 valence electrons. The number of nitrogens with zero attached hydrogens (tertiary/aromatic N) is 1. The summed E-state index contributed by atoms with van der Waals surface area (Å²) >= 11 is 0. The predicted molar refractivity (Wildman–Crippen MR) is 116 cm³/mol. The van der Waals surface area contributed by atoms with Crippen LogP contribution < -0.4 is 14.8 Å². The second-order valence-electron chi connectivity index (χ2n) is 7.35. The van der Waals surface area contributed by atoms with Gasteiger partial charge < -0.3 is 14.8 Å². The third kappa shape index (κ3) is 4.20. The van der Waals surface area contributed by atoms with Gasteiger partial charge >= 0.3 is 0 Å². The highest BCUT2D eigenvalue weighted by atomic mass is 16.5. The number of hydrogen-bond acceptors (Lipinski definition) is 4. The minimum absolute atomic E-state index is 0.00551. The molecule has 1 amide bonds. The van der Waals surface area contributed by atoms with Crippen LogP contribution >= 0.6 is 0 Å². The van der Waals surface area contributed by atoms with Crippen LogP contribution in [-0.2, 0) is 4.79 Å². The SMILES string of the molecule is COc1ccc(OC)c([C@@H]2CCCN2CC(=O)Nc2ccc3ccccc3c2)c1. The van der Waals surface area contributed by atoms with Gasteiger partial charge in [0.15, 0.2) is 0 Å². The molecule has 1 heterocycles. The molecule has 0 aromatic heterocycles. The van der Waals surface area contributed by atoms with Gasteiger partial charge in [-0.05, 0) is 60.5 Å². The zero-order chi connectivity index (χ0) is 20.2. The summed E-state index contributed by atoms with van der Waals surface area (Å²) in [5.41, 5.74) is 1.89. The Morgan fingerprint density at radius 3 is 2.66 bits per heavy atom. The first kappa shape index (κ1) is 19.3. The van der Waals surface area contributed by atoms with Crippen molar-refractivity contribution in [3.63, 3.8) is 0 Å². The minimum atomic E-state index is -0.00551. The summed E-state index contributed by atoms with van der Waals surface area (Å²) in [5.74, 6) is 1.62. The maximum atomic E-state index is 12.8. The Morgan fingerprint density at radius 2 is 1.86 bits per heavy atom. The lowest BCUT2D eigenvalue weighted by Gasteiger charge is -2.26. The van der Waals surface area contributed by atoms with Crippen molar-refractivity contribution in [2.24, 2.45) is 0 Å². The van der Waals surface area contributed by atoms with E-state index >= 15 is 0 Å². The summed E-state index contributed by atoms with van der Waals surface area (Å²) in [5, 5.41) is 5.33. The fraction of sp³-hybridized carbons (Fsp3) is 0.292. The first-order valence-corrected chi connectivity index (χ1v) is 9.92. The zero-order valence-corrected chi connectivity index (χ0v) is 16.9. The van der Waals surface area contributed by atoms with Gasteiger partial charge in [-0.25, -0.2) is 0 Å². The predicted octanol–water partition coefficient (Wildman–Crippen LogP) is 4.63. The Morgan fingerprint density at radius 1 is 1.03 bits per heavy atom. The first-order valence-electron chi connectivity index (χ1n) is 9.92. The fourth-order valence-corrected chi connectivity index (χ4v) is 4.12. The maximum Gasteiger partial charge on any atom is 0.238 e. The number of likely N-dealkylation sites (tertiary alicyclic amines) is 1. The number of ether oxygens (including phenoxy) is 2. The van der Waals surface area contributed by atoms with Crippen LogP contribution in [0.4, 0.5) is 5.69 Å². The van der Waals surface area contributed by atoms with Crippen molar-refractivity contribution in [1.82, 2.24) is 4.90 Å². The number of methoxy groups -OCH3 is 2. The molecule has 0 bridgehead atoms. The normalized spacial score (nSPS) is 16.7. The molecule has 1 N–H and O–H groups in total. The highest BCUT2D eigenvalue weighted by Gasteiger charge is 2.30. The average Bonchev–Trinajstić information content (AvgIpc) is 3.20. The van der Waals surface area contributed by atoms with Gasteiger partial charge in [0, 0.05) is 17.3 Å². The zero-order valence-electron chi connectivity index (χ0n) is 16.9. The van der Waals surface area contributed by atoms with E-state index in [1.165, 1.54) is 0 Å². The molecule has 1 saturated heterocycles. The van der Waals surface area contributed by atoms with Crippen molar-refractivity contribution >= 4 is 22.4 Å².